The van der Waals surface area contributed by atoms with E-state index in [0.29, 0.717) is 31.8 Å². The maximum atomic E-state index is 15.9. The molecule has 2 atom stereocenters. The fourth-order valence-corrected chi connectivity index (χ4v) is 6.29. The summed E-state index contributed by atoms with van der Waals surface area (Å²) in [6, 6.07) is 9.31. The van der Waals surface area contributed by atoms with Gasteiger partial charge >= 0.3 is 5.97 Å². The molecule has 11 heteroatoms. The Morgan fingerprint density at radius 1 is 1.05 bits per heavy atom. The molecule has 0 spiro atoms. The fourth-order valence-electron chi connectivity index (χ4n) is 6.29. The Balaban J connectivity index is 1.26. The van der Waals surface area contributed by atoms with E-state index < -0.39 is 29.3 Å². The lowest BCUT2D eigenvalue weighted by Gasteiger charge is -2.43. The predicted octanol–water partition coefficient (Wildman–Crippen LogP) is 4.63. The van der Waals surface area contributed by atoms with Crippen molar-refractivity contribution in [1.29, 1.82) is 0 Å². The molecule has 2 N–H and O–H groups in total. The number of carbonyl (C=O) groups is 1. The van der Waals surface area contributed by atoms with E-state index in [1.54, 1.807) is 0 Å². The summed E-state index contributed by atoms with van der Waals surface area (Å²) in [5.41, 5.74) is 0.917. The molecule has 0 aliphatic carbocycles. The third-order valence-electron chi connectivity index (χ3n) is 8.32. The zero-order chi connectivity index (χ0) is 30.7. The van der Waals surface area contributed by atoms with Crippen molar-refractivity contribution in [2.45, 2.75) is 44.9 Å². The molecule has 0 bridgehead atoms. The molecule has 8 nitrogen and oxygen atoms in total. The second kappa shape index (κ2) is 13.3. The molecule has 1 fully saturated rings. The lowest BCUT2D eigenvalue weighted by molar-refractivity contribution is -0.142. The average Bonchev–Trinajstić information content (AvgIpc) is 3.30. The molecule has 234 valence electrons. The van der Waals surface area contributed by atoms with Crippen molar-refractivity contribution in [3.05, 3.63) is 64.9 Å². The topological polar surface area (TPSA) is 81.3 Å². The first-order chi connectivity index (χ1) is 20.5. The predicted molar refractivity (Wildman–Crippen MR) is 158 cm³/mol. The molecule has 0 unspecified atom stereocenters. The highest BCUT2D eigenvalue weighted by atomic mass is 19.1. The minimum atomic E-state index is -1.56. The van der Waals surface area contributed by atoms with Gasteiger partial charge in [-0.2, -0.15) is 0 Å². The van der Waals surface area contributed by atoms with Gasteiger partial charge in [-0.05, 0) is 38.8 Å². The van der Waals surface area contributed by atoms with E-state index in [0.717, 1.165) is 42.6 Å². The van der Waals surface area contributed by atoms with Crippen LogP contribution in [0.3, 0.4) is 0 Å². The standard InChI is InChI=1S/C32H41F3N4O4/c1-21-16-24-23-6-4-5-7-27(23)36-30(24)31(39(21)20-32(2,3)35)29-25(33)17-22(18-26(29)34)43-15-13-38-10-8-37(9-11-38)12-14-42-19-28(40)41/h4-7,17-18,21,31,36H,8-16,19-20H2,1-3H3,(H,40,41)/t21-,31-/m1/s1. The number of aromatic amines is 1. The monoisotopic (exact) mass is 602 g/mol. The number of carboxylic acid groups (broad SMARTS) is 1. The molecule has 0 amide bonds. The number of aromatic nitrogens is 1. The number of benzene rings is 2. The molecule has 0 saturated carbocycles. The summed E-state index contributed by atoms with van der Waals surface area (Å²) in [7, 11) is 0. The van der Waals surface area contributed by atoms with E-state index in [1.807, 2.05) is 36.1 Å². The van der Waals surface area contributed by atoms with Crippen LogP contribution in [0.4, 0.5) is 13.2 Å². The normalized spacial score (nSPS) is 20.4. The van der Waals surface area contributed by atoms with Gasteiger partial charge in [-0.25, -0.2) is 18.0 Å². The number of carboxylic acids is 1. The van der Waals surface area contributed by atoms with Gasteiger partial charge in [0.25, 0.3) is 0 Å². The number of hydrogen-bond acceptors (Lipinski definition) is 6. The number of piperazine rings is 1. The van der Waals surface area contributed by atoms with Gasteiger partial charge in [0.05, 0.1) is 12.6 Å². The summed E-state index contributed by atoms with van der Waals surface area (Å²) in [5, 5.41) is 9.67. The number of aliphatic carboxylic acids is 1. The van der Waals surface area contributed by atoms with Gasteiger partial charge in [0.15, 0.2) is 0 Å². The lowest BCUT2D eigenvalue weighted by Crippen LogP contribution is -2.48. The van der Waals surface area contributed by atoms with Crippen LogP contribution >= 0.6 is 0 Å². The van der Waals surface area contributed by atoms with Crippen molar-refractivity contribution >= 4 is 16.9 Å². The van der Waals surface area contributed by atoms with Gasteiger partial charge < -0.3 is 19.6 Å². The summed E-state index contributed by atoms with van der Waals surface area (Å²) in [6.45, 7) is 9.82. The van der Waals surface area contributed by atoms with E-state index >= 15 is 13.2 Å². The molecule has 0 radical (unpaired) electrons. The minimum absolute atomic E-state index is 0.0212. The number of para-hydroxylation sites is 1. The molecular formula is C32H41F3N4O4. The van der Waals surface area contributed by atoms with Crippen LogP contribution in [-0.2, 0) is 16.0 Å². The fraction of sp³-hybridized carbons (Fsp3) is 0.531. The molecule has 5 rings (SSSR count). The quantitative estimate of drug-likeness (QED) is 0.293. The van der Waals surface area contributed by atoms with Crippen LogP contribution in [0.1, 0.15) is 43.6 Å². The van der Waals surface area contributed by atoms with E-state index in [4.69, 9.17) is 14.6 Å². The number of fused-ring (bicyclic) bond motifs is 3. The highest BCUT2D eigenvalue weighted by Gasteiger charge is 2.41. The maximum absolute atomic E-state index is 15.9. The van der Waals surface area contributed by atoms with Crippen LogP contribution in [0.15, 0.2) is 36.4 Å². The largest absolute Gasteiger partial charge is 0.492 e. The Morgan fingerprint density at radius 2 is 1.67 bits per heavy atom. The van der Waals surface area contributed by atoms with E-state index in [9.17, 15) is 4.79 Å². The molecule has 2 aliphatic rings. The second-order valence-corrected chi connectivity index (χ2v) is 12.2. The molecule has 3 heterocycles. The van der Waals surface area contributed by atoms with E-state index in [1.165, 1.54) is 26.0 Å². The van der Waals surface area contributed by atoms with Gasteiger partial charge in [-0.3, -0.25) is 14.7 Å². The highest BCUT2D eigenvalue weighted by Crippen LogP contribution is 2.43. The number of hydrogen-bond donors (Lipinski definition) is 2. The SMILES string of the molecule is C[C@@H]1Cc2c([nH]c3ccccc23)[C@@H](c2c(F)cc(OCCN3CCN(CCOCC(=O)O)CC3)cc2F)N1CC(C)(C)F. The van der Waals surface area contributed by atoms with Crippen LogP contribution in [-0.4, -0.2) is 108 Å². The van der Waals surface area contributed by atoms with Crippen molar-refractivity contribution in [3.63, 3.8) is 0 Å². The Labute approximate surface area is 250 Å². The summed E-state index contributed by atoms with van der Waals surface area (Å²) in [5.74, 6) is -2.31. The van der Waals surface area contributed by atoms with Crippen molar-refractivity contribution in [3.8, 4) is 5.75 Å². The smallest absolute Gasteiger partial charge is 0.329 e. The first kappa shape index (κ1) is 31.3. The van der Waals surface area contributed by atoms with Crippen LogP contribution in [0.2, 0.25) is 0 Å². The molecular weight excluding hydrogens is 561 g/mol. The Kier molecular flexibility index (Phi) is 9.65. The Hall–Kier alpha value is -3.12. The molecule has 1 aromatic heterocycles. The highest BCUT2D eigenvalue weighted by molar-refractivity contribution is 5.85. The number of nitrogens with one attached hydrogen (secondary N) is 1. The number of halogens is 3. The minimum Gasteiger partial charge on any atom is -0.492 e. The van der Waals surface area contributed by atoms with E-state index in [-0.39, 0.29) is 37.1 Å². The van der Waals surface area contributed by atoms with Gasteiger partial charge in [-0.15, -0.1) is 0 Å². The van der Waals surface area contributed by atoms with Crippen LogP contribution in [0.5, 0.6) is 5.75 Å². The van der Waals surface area contributed by atoms with E-state index in [2.05, 4.69) is 14.8 Å². The summed E-state index contributed by atoms with van der Waals surface area (Å²) < 4.78 is 57.6. The number of rotatable bonds is 12. The molecule has 2 aliphatic heterocycles. The molecule has 3 aromatic rings. The maximum Gasteiger partial charge on any atom is 0.329 e. The van der Waals surface area contributed by atoms with Crippen molar-refractivity contribution in [1.82, 2.24) is 19.7 Å². The zero-order valence-corrected chi connectivity index (χ0v) is 25.0. The van der Waals surface area contributed by atoms with Crippen molar-refractivity contribution in [2.24, 2.45) is 0 Å². The van der Waals surface area contributed by atoms with Crippen LogP contribution in [0, 0.1) is 11.6 Å². The van der Waals surface area contributed by atoms with Gasteiger partial charge in [0, 0.05) is 86.1 Å². The third-order valence-corrected chi connectivity index (χ3v) is 8.32. The number of nitrogens with zero attached hydrogens (tertiary/aromatic N) is 3. The van der Waals surface area contributed by atoms with Crippen LogP contribution in [0.25, 0.3) is 10.9 Å². The summed E-state index contributed by atoms with van der Waals surface area (Å²) in [6.07, 6.45) is 0.642. The summed E-state index contributed by atoms with van der Waals surface area (Å²) >= 11 is 0. The summed E-state index contributed by atoms with van der Waals surface area (Å²) in [4.78, 5) is 20.2. The van der Waals surface area contributed by atoms with Crippen LogP contribution < -0.4 is 4.74 Å². The number of H-pyrrole nitrogens is 1. The van der Waals surface area contributed by atoms with Crippen molar-refractivity contribution < 1.29 is 32.5 Å². The second-order valence-electron chi connectivity index (χ2n) is 12.2. The van der Waals surface area contributed by atoms with Gasteiger partial charge in [0.2, 0.25) is 0 Å². The van der Waals surface area contributed by atoms with Crippen molar-refractivity contribution in [2.75, 3.05) is 65.6 Å². The lowest BCUT2D eigenvalue weighted by atomic mass is 9.87. The number of alkyl halides is 1. The first-order valence-electron chi connectivity index (χ1n) is 14.9. The van der Waals surface area contributed by atoms with Gasteiger partial charge in [-0.1, -0.05) is 18.2 Å². The number of ether oxygens (including phenoxy) is 2. The Morgan fingerprint density at radius 3 is 2.30 bits per heavy atom. The molecule has 1 saturated heterocycles. The first-order valence-corrected chi connectivity index (χ1v) is 14.9. The average molecular weight is 603 g/mol. The van der Waals surface area contributed by atoms with Gasteiger partial charge in [0.1, 0.15) is 36.3 Å². The third kappa shape index (κ3) is 7.52. The Bertz CT molecular complexity index is 1390. The molecule has 2 aromatic carbocycles. The molecule has 43 heavy (non-hydrogen) atoms. The zero-order valence-electron chi connectivity index (χ0n) is 25.0.